The van der Waals surface area contributed by atoms with Crippen LogP contribution in [0.15, 0.2) is 58.2 Å². The van der Waals surface area contributed by atoms with E-state index < -0.39 is 20.6 Å². The Bertz CT molecular complexity index is 1110. The average Bonchev–Trinajstić information content (AvgIpc) is 2.56. The van der Waals surface area contributed by atoms with Crippen LogP contribution in [0, 0.1) is 18.3 Å². The summed E-state index contributed by atoms with van der Waals surface area (Å²) in [5.74, 6) is 0. The summed E-state index contributed by atoms with van der Waals surface area (Å²) in [5, 5.41) is 7.73. The van der Waals surface area contributed by atoms with Gasteiger partial charge in [-0.05, 0) is 31.2 Å². The summed E-state index contributed by atoms with van der Waals surface area (Å²) >= 11 is 0. The van der Waals surface area contributed by atoms with Crippen molar-refractivity contribution >= 4 is 20.9 Å². The SMILES string of the molecule is Cc1ccc(S(=O)(=O)C(C#N)c2nc3ccccc3[nH]c2=O)cc1. The second-order valence-electron chi connectivity index (χ2n) is 5.34. The summed E-state index contributed by atoms with van der Waals surface area (Å²) < 4.78 is 25.5. The first kappa shape index (κ1) is 15.9. The van der Waals surface area contributed by atoms with E-state index in [4.69, 9.17) is 0 Å². The van der Waals surface area contributed by atoms with Crippen molar-refractivity contribution in [2.24, 2.45) is 0 Å². The molecule has 3 rings (SSSR count). The molecule has 6 nitrogen and oxygen atoms in total. The molecule has 0 fully saturated rings. The number of nitrogens with zero attached hydrogens (tertiary/aromatic N) is 2. The highest BCUT2D eigenvalue weighted by molar-refractivity contribution is 7.92. The number of hydrogen-bond donors (Lipinski definition) is 1. The number of rotatable bonds is 3. The van der Waals surface area contributed by atoms with Crippen molar-refractivity contribution < 1.29 is 8.42 Å². The first-order chi connectivity index (χ1) is 11.4. The van der Waals surface area contributed by atoms with Gasteiger partial charge in [0.25, 0.3) is 5.56 Å². The molecule has 0 aliphatic carbocycles. The molecular formula is C17H13N3O3S. The molecule has 0 aliphatic heterocycles. The van der Waals surface area contributed by atoms with Crippen molar-refractivity contribution in [3.8, 4) is 6.07 Å². The number of aryl methyl sites for hydroxylation is 1. The van der Waals surface area contributed by atoms with Gasteiger partial charge in [0.05, 0.1) is 22.0 Å². The third-order valence-electron chi connectivity index (χ3n) is 3.65. The van der Waals surface area contributed by atoms with Crippen LogP contribution < -0.4 is 5.56 Å². The number of nitriles is 1. The Hall–Kier alpha value is -2.98. The lowest BCUT2D eigenvalue weighted by Gasteiger charge is -2.11. The molecule has 3 aromatic rings. The molecule has 1 heterocycles. The predicted molar refractivity (Wildman–Crippen MR) is 89.1 cm³/mol. The number of fused-ring (bicyclic) bond motifs is 1. The van der Waals surface area contributed by atoms with Crippen LogP contribution in [0.3, 0.4) is 0 Å². The van der Waals surface area contributed by atoms with Crippen LogP contribution in [0.2, 0.25) is 0 Å². The Balaban J connectivity index is 2.19. The smallest absolute Gasteiger partial charge is 0.272 e. The van der Waals surface area contributed by atoms with Gasteiger partial charge in [0.1, 0.15) is 5.69 Å². The molecule has 0 aliphatic rings. The number of nitrogens with one attached hydrogen (secondary N) is 1. The molecule has 1 unspecified atom stereocenters. The minimum Gasteiger partial charge on any atom is -0.319 e. The number of benzene rings is 2. The standard InChI is InChI=1S/C17H13N3O3S/c1-11-6-8-12(9-7-11)24(22,23)15(10-18)16-17(21)20-14-5-3-2-4-13(14)19-16/h2-9,15H,1H3,(H,20,21). The first-order valence-corrected chi connectivity index (χ1v) is 8.67. The molecule has 24 heavy (non-hydrogen) atoms. The van der Waals surface area contributed by atoms with E-state index in [1.807, 2.05) is 6.92 Å². The molecule has 0 spiro atoms. The highest BCUT2D eigenvalue weighted by Gasteiger charge is 2.32. The minimum atomic E-state index is -4.06. The maximum Gasteiger partial charge on any atom is 0.272 e. The summed E-state index contributed by atoms with van der Waals surface area (Å²) in [7, 11) is -4.06. The van der Waals surface area contributed by atoms with Crippen LogP contribution in [-0.4, -0.2) is 18.4 Å². The summed E-state index contributed by atoms with van der Waals surface area (Å²) in [6.07, 6.45) is 0. The van der Waals surface area contributed by atoms with Crippen LogP contribution in [0.1, 0.15) is 16.5 Å². The second kappa shape index (κ2) is 5.91. The van der Waals surface area contributed by atoms with Gasteiger partial charge in [0, 0.05) is 0 Å². The number of sulfone groups is 1. The molecule has 0 saturated carbocycles. The molecule has 0 radical (unpaired) electrons. The van der Waals surface area contributed by atoms with E-state index in [2.05, 4.69) is 9.97 Å². The lowest BCUT2D eigenvalue weighted by Crippen LogP contribution is -2.23. The Labute approximate surface area is 138 Å². The van der Waals surface area contributed by atoms with Crippen molar-refractivity contribution in [1.82, 2.24) is 9.97 Å². The predicted octanol–water partition coefficient (Wildman–Crippen LogP) is 2.27. The molecule has 1 N–H and O–H groups in total. The second-order valence-corrected chi connectivity index (χ2v) is 7.37. The third-order valence-corrected chi connectivity index (χ3v) is 5.53. The number of para-hydroxylation sites is 2. The van der Waals surface area contributed by atoms with E-state index in [-0.39, 0.29) is 10.6 Å². The number of H-pyrrole nitrogens is 1. The van der Waals surface area contributed by atoms with Crippen LogP contribution in [0.4, 0.5) is 0 Å². The summed E-state index contributed by atoms with van der Waals surface area (Å²) in [5.41, 5.74) is 0.791. The maximum atomic E-state index is 12.7. The van der Waals surface area contributed by atoms with Crippen LogP contribution in [0.5, 0.6) is 0 Å². The molecule has 1 atom stereocenters. The van der Waals surface area contributed by atoms with Gasteiger partial charge in [0.2, 0.25) is 9.84 Å². The third kappa shape index (κ3) is 2.68. The number of aromatic nitrogens is 2. The average molecular weight is 339 g/mol. The first-order valence-electron chi connectivity index (χ1n) is 7.12. The van der Waals surface area contributed by atoms with Crippen molar-refractivity contribution in [3.05, 3.63) is 70.1 Å². The summed E-state index contributed by atoms with van der Waals surface area (Å²) in [6, 6.07) is 14.6. The fourth-order valence-corrected chi connectivity index (χ4v) is 3.74. The molecule has 0 saturated heterocycles. The molecule has 2 aromatic carbocycles. The molecule has 7 heteroatoms. The molecule has 1 aromatic heterocycles. The van der Waals surface area contributed by atoms with Crippen molar-refractivity contribution in [1.29, 1.82) is 5.26 Å². The highest BCUT2D eigenvalue weighted by atomic mass is 32.2. The van der Waals surface area contributed by atoms with Crippen molar-refractivity contribution in [3.63, 3.8) is 0 Å². The molecule has 120 valence electrons. The van der Waals surface area contributed by atoms with Gasteiger partial charge in [0.15, 0.2) is 5.25 Å². The summed E-state index contributed by atoms with van der Waals surface area (Å²) in [6.45, 7) is 1.83. The quantitative estimate of drug-likeness (QED) is 0.788. The molecule has 0 amide bonds. The van der Waals surface area contributed by atoms with Gasteiger partial charge < -0.3 is 4.98 Å². The van der Waals surface area contributed by atoms with E-state index in [0.29, 0.717) is 11.0 Å². The molecule has 0 bridgehead atoms. The van der Waals surface area contributed by atoms with E-state index in [1.54, 1.807) is 42.5 Å². The van der Waals surface area contributed by atoms with E-state index in [0.717, 1.165) is 5.56 Å². The Kier molecular flexibility index (Phi) is 3.91. The van der Waals surface area contributed by atoms with Gasteiger partial charge in [-0.3, -0.25) is 4.79 Å². The van der Waals surface area contributed by atoms with Gasteiger partial charge in [-0.25, -0.2) is 13.4 Å². The van der Waals surface area contributed by atoms with Gasteiger partial charge >= 0.3 is 0 Å². The Morgan fingerprint density at radius 2 is 1.79 bits per heavy atom. The summed E-state index contributed by atoms with van der Waals surface area (Å²) in [4.78, 5) is 18.9. The number of hydrogen-bond acceptors (Lipinski definition) is 5. The van der Waals surface area contributed by atoms with Gasteiger partial charge in [-0.2, -0.15) is 5.26 Å². The fraction of sp³-hybridized carbons (Fsp3) is 0.118. The monoisotopic (exact) mass is 339 g/mol. The zero-order valence-electron chi connectivity index (χ0n) is 12.7. The molecular weight excluding hydrogens is 326 g/mol. The fourth-order valence-electron chi connectivity index (χ4n) is 2.36. The zero-order valence-corrected chi connectivity index (χ0v) is 13.5. The largest absolute Gasteiger partial charge is 0.319 e. The van der Waals surface area contributed by atoms with Crippen molar-refractivity contribution in [2.75, 3.05) is 0 Å². The maximum absolute atomic E-state index is 12.7. The lowest BCUT2D eigenvalue weighted by molar-refractivity contribution is 0.589. The van der Waals surface area contributed by atoms with E-state index in [1.165, 1.54) is 12.1 Å². The highest BCUT2D eigenvalue weighted by Crippen LogP contribution is 2.26. The minimum absolute atomic E-state index is 0.0194. The van der Waals surface area contributed by atoms with E-state index >= 15 is 0 Å². The zero-order chi connectivity index (χ0) is 17.3. The Morgan fingerprint density at radius 1 is 1.12 bits per heavy atom. The van der Waals surface area contributed by atoms with E-state index in [9.17, 15) is 18.5 Å². The van der Waals surface area contributed by atoms with Crippen LogP contribution in [0.25, 0.3) is 11.0 Å². The number of aromatic amines is 1. The topological polar surface area (TPSA) is 104 Å². The van der Waals surface area contributed by atoms with Gasteiger partial charge in [-0.1, -0.05) is 29.8 Å². The normalized spacial score (nSPS) is 12.7. The lowest BCUT2D eigenvalue weighted by atomic mass is 10.2. The van der Waals surface area contributed by atoms with Crippen LogP contribution in [-0.2, 0) is 9.84 Å². The van der Waals surface area contributed by atoms with Crippen molar-refractivity contribution in [2.45, 2.75) is 17.1 Å². The Morgan fingerprint density at radius 3 is 2.46 bits per heavy atom. The van der Waals surface area contributed by atoms with Gasteiger partial charge in [-0.15, -0.1) is 0 Å². The van der Waals surface area contributed by atoms with Crippen LogP contribution >= 0.6 is 0 Å².